The maximum atomic E-state index is 11.6. The first-order valence-corrected chi connectivity index (χ1v) is 5.86. The number of aliphatic carboxylic acids is 1. The summed E-state index contributed by atoms with van der Waals surface area (Å²) in [6.45, 7) is 0.799. The summed E-state index contributed by atoms with van der Waals surface area (Å²) in [5.74, 6) is -0.449. The molecule has 2 amide bonds. The second kappa shape index (κ2) is 5.74. The molecule has 0 aromatic rings. The Hall–Kier alpha value is -1.24. The number of rotatable bonds is 5. The molecule has 0 unspecified atom stereocenters. The number of likely N-dealkylation sites (N-methyl/N-ethyl adjacent to an activating group) is 1. The van der Waals surface area contributed by atoms with Crippen LogP contribution in [0, 0.1) is 0 Å². The van der Waals surface area contributed by atoms with Crippen LogP contribution >= 0.6 is 11.8 Å². The second-order valence-corrected chi connectivity index (χ2v) is 4.54. The van der Waals surface area contributed by atoms with Gasteiger partial charge in [-0.3, -0.25) is 14.4 Å². The number of carboxylic acids is 1. The van der Waals surface area contributed by atoms with Gasteiger partial charge in [0.05, 0.1) is 6.42 Å². The van der Waals surface area contributed by atoms with Gasteiger partial charge >= 0.3 is 5.97 Å². The molecular formula is C9H14N2O4S. The second-order valence-electron chi connectivity index (χ2n) is 3.49. The van der Waals surface area contributed by atoms with Crippen molar-refractivity contribution in [2.24, 2.45) is 0 Å². The van der Waals surface area contributed by atoms with E-state index in [0.717, 1.165) is 0 Å². The van der Waals surface area contributed by atoms with Gasteiger partial charge in [0.25, 0.3) is 5.24 Å². The number of nitrogens with zero attached hydrogens (tertiary/aromatic N) is 2. The van der Waals surface area contributed by atoms with Crippen molar-refractivity contribution >= 4 is 28.9 Å². The zero-order valence-electron chi connectivity index (χ0n) is 9.01. The van der Waals surface area contributed by atoms with Crippen molar-refractivity contribution in [3.8, 4) is 0 Å². The summed E-state index contributed by atoms with van der Waals surface area (Å²) >= 11 is 1.20. The van der Waals surface area contributed by atoms with Gasteiger partial charge in [-0.25, -0.2) is 0 Å². The molecule has 1 N–H and O–H groups in total. The van der Waals surface area contributed by atoms with Crippen molar-refractivity contribution in [3.63, 3.8) is 0 Å². The minimum atomic E-state index is -0.938. The first kappa shape index (κ1) is 12.8. The maximum Gasteiger partial charge on any atom is 0.305 e. The topological polar surface area (TPSA) is 77.9 Å². The fourth-order valence-electron chi connectivity index (χ4n) is 1.24. The Balaban J connectivity index is 2.33. The molecule has 0 radical (unpaired) electrons. The highest BCUT2D eigenvalue weighted by Crippen LogP contribution is 2.16. The minimum Gasteiger partial charge on any atom is -0.481 e. The van der Waals surface area contributed by atoms with Crippen molar-refractivity contribution in [3.05, 3.63) is 0 Å². The van der Waals surface area contributed by atoms with Crippen LogP contribution in [0.2, 0.25) is 0 Å². The normalized spacial score (nSPS) is 15.3. The van der Waals surface area contributed by atoms with Gasteiger partial charge in [0.2, 0.25) is 5.91 Å². The molecule has 0 atom stereocenters. The fraction of sp³-hybridized carbons (Fsp3) is 0.667. The Morgan fingerprint density at radius 3 is 2.75 bits per heavy atom. The van der Waals surface area contributed by atoms with E-state index in [0.29, 0.717) is 12.3 Å². The molecule has 7 heteroatoms. The Morgan fingerprint density at radius 2 is 2.25 bits per heavy atom. The lowest BCUT2D eigenvalue weighted by Gasteiger charge is -2.20. The highest BCUT2D eigenvalue weighted by Gasteiger charge is 2.24. The average molecular weight is 246 g/mol. The van der Waals surface area contributed by atoms with E-state index in [-0.39, 0.29) is 30.7 Å². The van der Waals surface area contributed by atoms with E-state index in [1.54, 1.807) is 7.05 Å². The van der Waals surface area contributed by atoms with Crippen molar-refractivity contribution in [2.45, 2.75) is 6.42 Å². The number of carbonyl (C=O) groups is 3. The molecule has 0 spiro atoms. The van der Waals surface area contributed by atoms with Gasteiger partial charge in [-0.05, 0) is 0 Å². The molecule has 0 aromatic heterocycles. The summed E-state index contributed by atoms with van der Waals surface area (Å²) in [7, 11) is 1.54. The third-order valence-electron chi connectivity index (χ3n) is 2.26. The standard InChI is InChI=1S/C9H14N2O4S/c1-10(3-2-8(13)14)7(12)6-11-4-5-16-9(11)15/h2-6H2,1H3,(H,13,14). The molecule has 1 rings (SSSR count). The van der Waals surface area contributed by atoms with Crippen molar-refractivity contribution in [1.82, 2.24) is 9.80 Å². The van der Waals surface area contributed by atoms with Crippen molar-refractivity contribution < 1.29 is 19.5 Å². The summed E-state index contributed by atoms with van der Waals surface area (Å²) in [5, 5.41) is 8.38. The van der Waals surface area contributed by atoms with Crippen molar-refractivity contribution in [2.75, 3.05) is 32.4 Å². The van der Waals surface area contributed by atoms with E-state index in [4.69, 9.17) is 5.11 Å². The number of hydrogen-bond donors (Lipinski definition) is 1. The largest absolute Gasteiger partial charge is 0.481 e. The molecule has 1 aliphatic heterocycles. The smallest absolute Gasteiger partial charge is 0.305 e. The van der Waals surface area contributed by atoms with Gasteiger partial charge in [-0.2, -0.15) is 0 Å². The molecule has 1 aliphatic rings. The van der Waals surface area contributed by atoms with Crippen LogP contribution in [0.3, 0.4) is 0 Å². The van der Waals surface area contributed by atoms with Crippen LogP contribution in [0.15, 0.2) is 0 Å². The number of carbonyl (C=O) groups excluding carboxylic acids is 2. The first-order valence-electron chi connectivity index (χ1n) is 4.88. The quantitative estimate of drug-likeness (QED) is 0.743. The number of amides is 2. The molecule has 0 bridgehead atoms. The molecule has 1 heterocycles. The number of thioether (sulfide) groups is 1. The average Bonchev–Trinajstić information content (AvgIpc) is 2.60. The first-order chi connectivity index (χ1) is 7.50. The van der Waals surface area contributed by atoms with E-state index in [1.165, 1.54) is 21.6 Å². The van der Waals surface area contributed by atoms with E-state index in [1.807, 2.05) is 0 Å². The molecule has 90 valence electrons. The van der Waals surface area contributed by atoms with E-state index in [2.05, 4.69) is 0 Å². The molecule has 1 fully saturated rings. The van der Waals surface area contributed by atoms with E-state index < -0.39 is 5.97 Å². The molecule has 1 saturated heterocycles. The Labute approximate surface area is 97.6 Å². The number of hydrogen-bond acceptors (Lipinski definition) is 4. The summed E-state index contributed by atoms with van der Waals surface area (Å²) in [6, 6.07) is 0. The highest BCUT2D eigenvalue weighted by atomic mass is 32.2. The predicted molar refractivity (Wildman–Crippen MR) is 59.3 cm³/mol. The lowest BCUT2D eigenvalue weighted by atomic mass is 10.4. The third-order valence-corrected chi connectivity index (χ3v) is 3.15. The molecule has 0 aliphatic carbocycles. The van der Waals surface area contributed by atoms with Gasteiger partial charge in [0.15, 0.2) is 0 Å². The SMILES string of the molecule is CN(CCC(=O)O)C(=O)CN1CCSC1=O. The zero-order valence-corrected chi connectivity index (χ0v) is 9.83. The van der Waals surface area contributed by atoms with Crippen LogP contribution in [0.1, 0.15) is 6.42 Å². The summed E-state index contributed by atoms with van der Waals surface area (Å²) in [6.07, 6.45) is -0.0784. The number of carboxylic acid groups (broad SMARTS) is 1. The predicted octanol–water partition coefficient (Wildman–Crippen LogP) is 0.0883. The summed E-state index contributed by atoms with van der Waals surface area (Å²) in [5.41, 5.74) is 0. The van der Waals surface area contributed by atoms with Gasteiger partial charge < -0.3 is 14.9 Å². The van der Waals surface area contributed by atoms with E-state index >= 15 is 0 Å². The van der Waals surface area contributed by atoms with Gasteiger partial charge in [-0.15, -0.1) is 0 Å². The molecule has 6 nitrogen and oxygen atoms in total. The monoisotopic (exact) mass is 246 g/mol. The highest BCUT2D eigenvalue weighted by molar-refractivity contribution is 8.13. The molecule has 0 saturated carbocycles. The lowest BCUT2D eigenvalue weighted by Crippen LogP contribution is -2.39. The van der Waals surface area contributed by atoms with Crippen LogP contribution in [-0.4, -0.2) is 64.5 Å². The van der Waals surface area contributed by atoms with E-state index in [9.17, 15) is 14.4 Å². The lowest BCUT2D eigenvalue weighted by molar-refractivity contribution is -0.138. The minimum absolute atomic E-state index is 0.0436. The van der Waals surface area contributed by atoms with Crippen LogP contribution in [-0.2, 0) is 9.59 Å². The van der Waals surface area contributed by atoms with Gasteiger partial charge in [-0.1, -0.05) is 11.8 Å². The fourth-order valence-corrected chi connectivity index (χ4v) is 2.07. The van der Waals surface area contributed by atoms with Gasteiger partial charge in [0.1, 0.15) is 6.54 Å². The summed E-state index contributed by atoms with van der Waals surface area (Å²) < 4.78 is 0. The van der Waals surface area contributed by atoms with Gasteiger partial charge in [0, 0.05) is 25.9 Å². The Bertz CT molecular complexity index is 308. The third kappa shape index (κ3) is 3.73. The van der Waals surface area contributed by atoms with Crippen LogP contribution in [0.5, 0.6) is 0 Å². The van der Waals surface area contributed by atoms with Crippen LogP contribution in [0.4, 0.5) is 4.79 Å². The summed E-state index contributed by atoms with van der Waals surface area (Å²) in [4.78, 5) is 35.9. The zero-order chi connectivity index (χ0) is 12.1. The maximum absolute atomic E-state index is 11.6. The molecule has 0 aromatic carbocycles. The molecular weight excluding hydrogens is 232 g/mol. The molecule has 16 heavy (non-hydrogen) atoms. The van der Waals surface area contributed by atoms with Crippen LogP contribution < -0.4 is 0 Å². The van der Waals surface area contributed by atoms with Crippen LogP contribution in [0.25, 0.3) is 0 Å². The Kier molecular flexibility index (Phi) is 4.60. The van der Waals surface area contributed by atoms with Crippen molar-refractivity contribution in [1.29, 1.82) is 0 Å². The Morgan fingerprint density at radius 1 is 1.56 bits per heavy atom.